The van der Waals surface area contributed by atoms with Gasteiger partial charge in [-0.3, -0.25) is 14.4 Å². The number of carbonyl (C=O) groups excluding carboxylic acids is 3. The summed E-state index contributed by atoms with van der Waals surface area (Å²) in [5.41, 5.74) is 3.19. The molecule has 0 atom stereocenters. The SMILES string of the molecule is CCc1cccc(CC)c1NC(=O)C1(C(=O)Nc2ccc(NC(C)=O)cc2)CC1. The van der Waals surface area contributed by atoms with E-state index in [1.165, 1.54) is 6.92 Å². The van der Waals surface area contributed by atoms with Crippen LogP contribution in [0.15, 0.2) is 42.5 Å². The monoisotopic (exact) mass is 393 g/mol. The van der Waals surface area contributed by atoms with Crippen LogP contribution in [-0.2, 0) is 27.2 Å². The van der Waals surface area contributed by atoms with Crippen LogP contribution >= 0.6 is 0 Å². The Morgan fingerprint density at radius 1 is 0.793 bits per heavy atom. The van der Waals surface area contributed by atoms with E-state index in [4.69, 9.17) is 0 Å². The number of rotatable bonds is 7. The molecule has 0 saturated heterocycles. The maximum Gasteiger partial charge on any atom is 0.240 e. The molecule has 29 heavy (non-hydrogen) atoms. The van der Waals surface area contributed by atoms with E-state index in [2.05, 4.69) is 29.8 Å². The summed E-state index contributed by atoms with van der Waals surface area (Å²) in [6, 6.07) is 12.8. The summed E-state index contributed by atoms with van der Waals surface area (Å²) in [7, 11) is 0. The number of carbonyl (C=O) groups is 3. The van der Waals surface area contributed by atoms with Gasteiger partial charge in [-0.1, -0.05) is 32.0 Å². The molecular formula is C23H27N3O3. The van der Waals surface area contributed by atoms with E-state index < -0.39 is 5.41 Å². The van der Waals surface area contributed by atoms with Crippen molar-refractivity contribution in [3.63, 3.8) is 0 Å². The third-order valence-corrected chi connectivity index (χ3v) is 5.32. The predicted molar refractivity (Wildman–Crippen MR) is 115 cm³/mol. The number of hydrogen-bond acceptors (Lipinski definition) is 3. The molecule has 152 valence electrons. The predicted octanol–water partition coefficient (Wildman–Crippen LogP) is 4.13. The smallest absolute Gasteiger partial charge is 0.240 e. The first kappa shape index (κ1) is 20.6. The Morgan fingerprint density at radius 3 is 1.72 bits per heavy atom. The Hall–Kier alpha value is -3.15. The lowest BCUT2D eigenvalue weighted by Gasteiger charge is -2.19. The van der Waals surface area contributed by atoms with Crippen molar-refractivity contribution in [2.75, 3.05) is 16.0 Å². The zero-order valence-electron chi connectivity index (χ0n) is 17.1. The average Bonchev–Trinajstić information content (AvgIpc) is 3.51. The van der Waals surface area contributed by atoms with Gasteiger partial charge < -0.3 is 16.0 Å². The van der Waals surface area contributed by atoms with E-state index in [0.717, 1.165) is 29.7 Å². The molecule has 6 heteroatoms. The van der Waals surface area contributed by atoms with Crippen LogP contribution in [0.3, 0.4) is 0 Å². The van der Waals surface area contributed by atoms with E-state index in [1.807, 2.05) is 18.2 Å². The number of para-hydroxylation sites is 1. The Bertz CT molecular complexity index is 909. The molecule has 1 aliphatic rings. The summed E-state index contributed by atoms with van der Waals surface area (Å²) >= 11 is 0. The maximum atomic E-state index is 13.0. The highest BCUT2D eigenvalue weighted by atomic mass is 16.2. The molecule has 1 fully saturated rings. The summed E-state index contributed by atoms with van der Waals surface area (Å²) in [5.74, 6) is -0.705. The van der Waals surface area contributed by atoms with Crippen molar-refractivity contribution in [1.29, 1.82) is 0 Å². The van der Waals surface area contributed by atoms with Gasteiger partial charge in [0.1, 0.15) is 5.41 Å². The van der Waals surface area contributed by atoms with Crippen LogP contribution in [0.4, 0.5) is 17.1 Å². The number of nitrogens with one attached hydrogen (secondary N) is 3. The molecule has 1 aliphatic carbocycles. The van der Waals surface area contributed by atoms with Crippen LogP contribution in [0.1, 0.15) is 44.7 Å². The molecule has 3 amide bonds. The van der Waals surface area contributed by atoms with Gasteiger partial charge in [-0.15, -0.1) is 0 Å². The molecule has 0 unspecified atom stereocenters. The Morgan fingerprint density at radius 2 is 1.28 bits per heavy atom. The Balaban J connectivity index is 1.72. The van der Waals surface area contributed by atoms with Crippen LogP contribution < -0.4 is 16.0 Å². The summed E-state index contributed by atoms with van der Waals surface area (Å²) in [6.45, 7) is 5.54. The lowest BCUT2D eigenvalue weighted by Crippen LogP contribution is -2.36. The fraction of sp³-hybridized carbons (Fsp3) is 0.348. The minimum Gasteiger partial charge on any atom is -0.326 e. The van der Waals surface area contributed by atoms with E-state index in [1.54, 1.807) is 24.3 Å². The quantitative estimate of drug-likeness (QED) is 0.618. The van der Waals surface area contributed by atoms with Crippen LogP contribution in [0, 0.1) is 5.41 Å². The number of aryl methyl sites for hydroxylation is 2. The second-order valence-corrected chi connectivity index (χ2v) is 7.41. The van der Waals surface area contributed by atoms with Gasteiger partial charge >= 0.3 is 0 Å². The molecule has 0 radical (unpaired) electrons. The van der Waals surface area contributed by atoms with Crippen LogP contribution in [0.2, 0.25) is 0 Å². The zero-order chi connectivity index (χ0) is 21.0. The maximum absolute atomic E-state index is 13.0. The summed E-state index contributed by atoms with van der Waals surface area (Å²) < 4.78 is 0. The van der Waals surface area contributed by atoms with Gasteiger partial charge in [0.15, 0.2) is 0 Å². The van der Waals surface area contributed by atoms with Gasteiger partial charge in [-0.05, 0) is 61.1 Å². The molecule has 0 aliphatic heterocycles. The van der Waals surface area contributed by atoms with Gasteiger partial charge in [0, 0.05) is 24.0 Å². The molecule has 1 saturated carbocycles. The zero-order valence-corrected chi connectivity index (χ0v) is 17.1. The second kappa shape index (κ2) is 8.47. The van der Waals surface area contributed by atoms with E-state index >= 15 is 0 Å². The van der Waals surface area contributed by atoms with Crippen molar-refractivity contribution < 1.29 is 14.4 Å². The van der Waals surface area contributed by atoms with Crippen molar-refractivity contribution in [3.05, 3.63) is 53.6 Å². The summed E-state index contributed by atoms with van der Waals surface area (Å²) in [5, 5.41) is 8.55. The highest BCUT2D eigenvalue weighted by molar-refractivity contribution is 6.17. The average molecular weight is 393 g/mol. The number of anilines is 3. The van der Waals surface area contributed by atoms with Gasteiger partial charge in [-0.2, -0.15) is 0 Å². The van der Waals surface area contributed by atoms with E-state index in [-0.39, 0.29) is 17.7 Å². The van der Waals surface area contributed by atoms with Crippen LogP contribution in [0.25, 0.3) is 0 Å². The fourth-order valence-electron chi connectivity index (χ4n) is 3.41. The number of amides is 3. The minimum atomic E-state index is -1.03. The first-order valence-corrected chi connectivity index (χ1v) is 10.0. The van der Waals surface area contributed by atoms with Crippen molar-refractivity contribution in [3.8, 4) is 0 Å². The third kappa shape index (κ3) is 4.47. The van der Waals surface area contributed by atoms with Crippen molar-refractivity contribution in [2.24, 2.45) is 5.41 Å². The highest BCUT2D eigenvalue weighted by Gasteiger charge is 2.56. The topological polar surface area (TPSA) is 87.3 Å². The van der Waals surface area contributed by atoms with Crippen LogP contribution in [0.5, 0.6) is 0 Å². The first-order valence-electron chi connectivity index (χ1n) is 10.0. The van der Waals surface area contributed by atoms with E-state index in [0.29, 0.717) is 24.2 Å². The van der Waals surface area contributed by atoms with Gasteiger partial charge in [-0.25, -0.2) is 0 Å². The molecule has 2 aromatic carbocycles. The normalized spacial score (nSPS) is 14.0. The molecule has 0 bridgehead atoms. The minimum absolute atomic E-state index is 0.158. The van der Waals surface area contributed by atoms with Crippen molar-refractivity contribution >= 4 is 34.8 Å². The van der Waals surface area contributed by atoms with Crippen molar-refractivity contribution in [2.45, 2.75) is 46.5 Å². The molecule has 6 nitrogen and oxygen atoms in total. The van der Waals surface area contributed by atoms with E-state index in [9.17, 15) is 14.4 Å². The van der Waals surface area contributed by atoms with Gasteiger partial charge in [0.2, 0.25) is 17.7 Å². The third-order valence-electron chi connectivity index (χ3n) is 5.32. The first-order chi connectivity index (χ1) is 13.9. The molecule has 3 N–H and O–H groups in total. The standard InChI is InChI=1S/C23H27N3O3/c1-4-16-7-6-8-17(5-2)20(16)26-22(29)23(13-14-23)21(28)25-19-11-9-18(10-12-19)24-15(3)27/h6-12H,4-5,13-14H2,1-3H3,(H,24,27)(H,25,28)(H,26,29). The second-order valence-electron chi connectivity index (χ2n) is 7.41. The van der Waals surface area contributed by atoms with Crippen LogP contribution in [-0.4, -0.2) is 17.7 Å². The molecule has 0 heterocycles. The molecular weight excluding hydrogens is 366 g/mol. The number of benzene rings is 2. The fourth-order valence-corrected chi connectivity index (χ4v) is 3.41. The largest absolute Gasteiger partial charge is 0.326 e. The van der Waals surface area contributed by atoms with Gasteiger partial charge in [0.05, 0.1) is 0 Å². The Kier molecular flexibility index (Phi) is 6.01. The van der Waals surface area contributed by atoms with Crippen molar-refractivity contribution in [1.82, 2.24) is 0 Å². The lowest BCUT2D eigenvalue weighted by atomic mass is 10.0. The number of hydrogen-bond donors (Lipinski definition) is 3. The summed E-state index contributed by atoms with van der Waals surface area (Å²) in [4.78, 5) is 37.0. The molecule has 2 aromatic rings. The summed E-state index contributed by atoms with van der Waals surface area (Å²) in [6.07, 6.45) is 2.68. The molecule has 0 spiro atoms. The molecule has 3 rings (SSSR count). The molecule has 0 aromatic heterocycles. The lowest BCUT2D eigenvalue weighted by molar-refractivity contribution is -0.131. The Labute approximate surface area is 171 Å². The highest BCUT2D eigenvalue weighted by Crippen LogP contribution is 2.48. The van der Waals surface area contributed by atoms with Gasteiger partial charge in [0.25, 0.3) is 0 Å².